The van der Waals surface area contributed by atoms with Gasteiger partial charge in [0.2, 0.25) is 0 Å². The number of ether oxygens (including phenoxy) is 1. The van der Waals surface area contributed by atoms with Crippen molar-refractivity contribution < 1.29 is 9.53 Å². The second-order valence-electron chi connectivity index (χ2n) is 4.59. The van der Waals surface area contributed by atoms with Crippen molar-refractivity contribution in [2.24, 2.45) is 5.92 Å². The second-order valence-corrected chi connectivity index (χ2v) is 4.59. The molecule has 1 fully saturated rings. The van der Waals surface area contributed by atoms with Crippen molar-refractivity contribution in [2.75, 3.05) is 7.11 Å². The summed E-state index contributed by atoms with van der Waals surface area (Å²) in [5.74, 6) is 0.721. The lowest BCUT2D eigenvalue weighted by atomic mass is 9.92. The van der Waals surface area contributed by atoms with E-state index in [1.54, 1.807) is 7.11 Å². The van der Waals surface area contributed by atoms with E-state index in [1.807, 2.05) is 13.8 Å². The van der Waals surface area contributed by atoms with Crippen LogP contribution >= 0.6 is 0 Å². The topological polar surface area (TPSA) is 26.3 Å². The largest absolute Gasteiger partial charge is 0.378 e. The van der Waals surface area contributed by atoms with Gasteiger partial charge in [-0.3, -0.25) is 4.79 Å². The molecule has 0 bridgehead atoms. The van der Waals surface area contributed by atoms with Crippen molar-refractivity contribution in [1.29, 1.82) is 0 Å². The summed E-state index contributed by atoms with van der Waals surface area (Å²) in [7, 11) is 1.67. The Morgan fingerprint density at radius 3 is 2.38 bits per heavy atom. The predicted octanol–water partition coefficient (Wildman–Crippen LogP) is 2.56. The quantitative estimate of drug-likeness (QED) is 0.671. The highest BCUT2D eigenvalue weighted by molar-refractivity contribution is 5.82. The summed E-state index contributed by atoms with van der Waals surface area (Å²) >= 11 is 0. The number of Topliss-reactive ketones (excluding diaryl/α,β-unsaturated/α-hetero) is 1. The highest BCUT2D eigenvalue weighted by Crippen LogP contribution is 2.28. The maximum absolute atomic E-state index is 11.7. The molecule has 0 saturated heterocycles. The van der Waals surface area contributed by atoms with Crippen LogP contribution in [0.2, 0.25) is 0 Å². The van der Waals surface area contributed by atoms with Gasteiger partial charge in [-0.15, -0.1) is 0 Å². The number of hydrogen-bond donors (Lipinski definition) is 0. The standard InChI is InChI=1S/C11H20O2/c1-11(2,13-3)8-10(12)9-6-4-5-7-9/h9H,4-8H2,1-3H3. The third-order valence-electron chi connectivity index (χ3n) is 2.96. The second kappa shape index (κ2) is 4.23. The lowest BCUT2D eigenvalue weighted by molar-refractivity contribution is -0.127. The number of carbonyl (C=O) groups excluding carboxylic acids is 1. The Morgan fingerprint density at radius 1 is 1.38 bits per heavy atom. The molecule has 0 unspecified atom stereocenters. The Balaban J connectivity index is 2.40. The van der Waals surface area contributed by atoms with E-state index in [0.717, 1.165) is 12.8 Å². The minimum absolute atomic E-state index is 0.278. The van der Waals surface area contributed by atoms with Crippen LogP contribution in [0.5, 0.6) is 0 Å². The first-order chi connectivity index (χ1) is 6.05. The van der Waals surface area contributed by atoms with Gasteiger partial charge in [-0.05, 0) is 26.7 Å². The van der Waals surface area contributed by atoms with E-state index in [1.165, 1.54) is 12.8 Å². The van der Waals surface area contributed by atoms with Gasteiger partial charge in [-0.25, -0.2) is 0 Å². The summed E-state index contributed by atoms with van der Waals surface area (Å²) in [5, 5.41) is 0. The highest BCUT2D eigenvalue weighted by atomic mass is 16.5. The summed E-state index contributed by atoms with van der Waals surface area (Å²) < 4.78 is 5.25. The van der Waals surface area contributed by atoms with Crippen LogP contribution in [0.15, 0.2) is 0 Å². The van der Waals surface area contributed by atoms with Gasteiger partial charge in [0, 0.05) is 19.4 Å². The minimum atomic E-state index is -0.278. The SMILES string of the molecule is COC(C)(C)CC(=O)C1CCCC1. The molecule has 1 aliphatic carbocycles. The normalized spacial score (nSPS) is 19.3. The number of rotatable bonds is 4. The van der Waals surface area contributed by atoms with E-state index in [9.17, 15) is 4.79 Å². The first-order valence-corrected chi connectivity index (χ1v) is 5.13. The average Bonchev–Trinajstić information content (AvgIpc) is 2.55. The predicted molar refractivity (Wildman–Crippen MR) is 52.7 cm³/mol. The Kier molecular flexibility index (Phi) is 3.48. The maximum Gasteiger partial charge on any atom is 0.138 e. The zero-order valence-electron chi connectivity index (χ0n) is 8.93. The van der Waals surface area contributed by atoms with Gasteiger partial charge < -0.3 is 4.74 Å². The van der Waals surface area contributed by atoms with Crippen LogP contribution in [0.25, 0.3) is 0 Å². The van der Waals surface area contributed by atoms with Gasteiger partial charge >= 0.3 is 0 Å². The van der Waals surface area contributed by atoms with Gasteiger partial charge in [-0.1, -0.05) is 12.8 Å². The molecule has 0 spiro atoms. The third-order valence-corrected chi connectivity index (χ3v) is 2.96. The molecule has 2 nitrogen and oxygen atoms in total. The van der Waals surface area contributed by atoms with Crippen LogP contribution in [-0.2, 0) is 9.53 Å². The summed E-state index contributed by atoms with van der Waals surface area (Å²) in [5.41, 5.74) is -0.278. The van der Waals surface area contributed by atoms with Crippen LogP contribution in [0.4, 0.5) is 0 Å². The van der Waals surface area contributed by atoms with Gasteiger partial charge in [-0.2, -0.15) is 0 Å². The summed E-state index contributed by atoms with van der Waals surface area (Å²) in [6.45, 7) is 3.94. The molecule has 0 radical (unpaired) electrons. The minimum Gasteiger partial charge on any atom is -0.378 e. The molecule has 2 heteroatoms. The van der Waals surface area contributed by atoms with E-state index in [-0.39, 0.29) is 5.60 Å². The lowest BCUT2D eigenvalue weighted by Crippen LogP contribution is -2.29. The smallest absolute Gasteiger partial charge is 0.138 e. The molecule has 1 saturated carbocycles. The zero-order valence-corrected chi connectivity index (χ0v) is 8.93. The molecule has 1 aliphatic rings. The van der Waals surface area contributed by atoms with E-state index < -0.39 is 0 Å². The Labute approximate surface area is 80.7 Å². The molecule has 0 aliphatic heterocycles. The van der Waals surface area contributed by atoms with Gasteiger partial charge in [0.25, 0.3) is 0 Å². The molecule has 0 amide bonds. The fourth-order valence-electron chi connectivity index (χ4n) is 1.88. The first kappa shape index (κ1) is 10.7. The number of hydrogen-bond acceptors (Lipinski definition) is 2. The number of methoxy groups -OCH3 is 1. The Hall–Kier alpha value is -0.370. The van der Waals surface area contributed by atoms with E-state index >= 15 is 0 Å². The molecule has 1 rings (SSSR count). The fourth-order valence-corrected chi connectivity index (χ4v) is 1.88. The van der Waals surface area contributed by atoms with E-state index in [0.29, 0.717) is 18.1 Å². The number of ketones is 1. The summed E-state index contributed by atoms with van der Waals surface area (Å²) in [6, 6.07) is 0. The highest BCUT2D eigenvalue weighted by Gasteiger charge is 2.28. The van der Waals surface area contributed by atoms with Crippen molar-refractivity contribution in [3.8, 4) is 0 Å². The van der Waals surface area contributed by atoms with Crippen LogP contribution in [0, 0.1) is 5.92 Å². The van der Waals surface area contributed by atoms with Crippen LogP contribution < -0.4 is 0 Å². The number of carbonyl (C=O) groups is 1. The van der Waals surface area contributed by atoms with Crippen molar-refractivity contribution in [1.82, 2.24) is 0 Å². The lowest BCUT2D eigenvalue weighted by Gasteiger charge is -2.23. The van der Waals surface area contributed by atoms with Crippen LogP contribution in [-0.4, -0.2) is 18.5 Å². The average molecular weight is 184 g/mol. The summed E-state index contributed by atoms with van der Waals surface area (Å²) in [4.78, 5) is 11.7. The van der Waals surface area contributed by atoms with Crippen molar-refractivity contribution in [2.45, 2.75) is 51.6 Å². The molecular formula is C11H20O2. The molecular weight excluding hydrogens is 164 g/mol. The maximum atomic E-state index is 11.7. The van der Waals surface area contributed by atoms with E-state index in [2.05, 4.69) is 0 Å². The van der Waals surface area contributed by atoms with Crippen LogP contribution in [0.1, 0.15) is 46.0 Å². The molecule has 0 aromatic heterocycles. The molecule has 0 heterocycles. The molecule has 0 atom stereocenters. The Bertz CT molecular complexity index is 179. The Morgan fingerprint density at radius 2 is 1.92 bits per heavy atom. The summed E-state index contributed by atoms with van der Waals surface area (Å²) in [6.07, 6.45) is 5.21. The molecule has 76 valence electrons. The van der Waals surface area contributed by atoms with E-state index in [4.69, 9.17) is 4.74 Å². The fraction of sp³-hybridized carbons (Fsp3) is 0.909. The van der Waals surface area contributed by atoms with Crippen LogP contribution in [0.3, 0.4) is 0 Å². The van der Waals surface area contributed by atoms with Crippen molar-refractivity contribution >= 4 is 5.78 Å². The molecule has 13 heavy (non-hydrogen) atoms. The van der Waals surface area contributed by atoms with Crippen molar-refractivity contribution in [3.63, 3.8) is 0 Å². The van der Waals surface area contributed by atoms with Gasteiger partial charge in [0.15, 0.2) is 0 Å². The van der Waals surface area contributed by atoms with Crippen molar-refractivity contribution in [3.05, 3.63) is 0 Å². The molecule has 0 aromatic carbocycles. The third kappa shape index (κ3) is 3.11. The first-order valence-electron chi connectivity index (χ1n) is 5.13. The molecule has 0 aromatic rings. The zero-order chi connectivity index (χ0) is 9.90. The molecule has 0 N–H and O–H groups in total. The van der Waals surface area contributed by atoms with Gasteiger partial charge in [0.1, 0.15) is 5.78 Å². The monoisotopic (exact) mass is 184 g/mol. The van der Waals surface area contributed by atoms with Gasteiger partial charge in [0.05, 0.1) is 5.60 Å².